The van der Waals surface area contributed by atoms with E-state index in [0.717, 1.165) is 6.42 Å². The molecule has 2 aromatic rings. The van der Waals surface area contributed by atoms with Gasteiger partial charge < -0.3 is 15.3 Å². The second-order valence-electron chi connectivity index (χ2n) is 9.16. The smallest absolute Gasteiger partial charge is 0.253 e. The fourth-order valence-corrected chi connectivity index (χ4v) is 5.79. The number of carbonyl (C=O) groups is 2. The van der Waals surface area contributed by atoms with Gasteiger partial charge >= 0.3 is 0 Å². The molecule has 0 unspecified atom stereocenters. The molecule has 0 aliphatic carbocycles. The molecule has 0 spiro atoms. The quantitative estimate of drug-likeness (QED) is 0.537. The second-order valence-corrected chi connectivity index (χ2v) is 11.4. The third-order valence-electron chi connectivity index (χ3n) is 6.98. The zero-order chi connectivity index (χ0) is 25.0. The van der Waals surface area contributed by atoms with E-state index in [4.69, 9.17) is 0 Å². The Kier molecular flexibility index (Phi) is 8.01. The van der Waals surface area contributed by atoms with Crippen LogP contribution in [0.1, 0.15) is 51.6 Å². The standard InChI is InChI=1S/C26H33N3O5S/c1-2-35(33,34)29-15-13-28(14-16-29)26(32)20-9-7-19(8-10-20)24(30)11-12-25(31)23-17-21-5-3-4-6-22(21)18-27-23/h3-10,23,25,27,31H,2,11-18H2,1H3/t23-,25+/m0/s1. The van der Waals surface area contributed by atoms with Crippen LogP contribution in [0.3, 0.4) is 0 Å². The van der Waals surface area contributed by atoms with Crippen LogP contribution in [-0.4, -0.2) is 78.5 Å². The number of nitrogens with zero attached hydrogens (tertiary/aromatic N) is 2. The molecule has 1 fully saturated rings. The molecule has 2 heterocycles. The number of nitrogens with one attached hydrogen (secondary N) is 1. The van der Waals surface area contributed by atoms with E-state index >= 15 is 0 Å². The number of ketones is 1. The number of hydrogen-bond donors (Lipinski definition) is 2. The Hall–Kier alpha value is -2.59. The number of amides is 1. The van der Waals surface area contributed by atoms with E-state index in [0.29, 0.717) is 50.3 Å². The molecule has 2 N–H and O–H groups in total. The average molecular weight is 500 g/mol. The molecule has 35 heavy (non-hydrogen) atoms. The topological polar surface area (TPSA) is 107 Å². The van der Waals surface area contributed by atoms with Gasteiger partial charge in [0.25, 0.3) is 5.91 Å². The molecule has 188 valence electrons. The van der Waals surface area contributed by atoms with Crippen LogP contribution in [0, 0.1) is 0 Å². The van der Waals surface area contributed by atoms with E-state index in [9.17, 15) is 23.1 Å². The molecular formula is C26H33N3O5S. The molecule has 4 rings (SSSR count). The largest absolute Gasteiger partial charge is 0.391 e. The summed E-state index contributed by atoms with van der Waals surface area (Å²) in [4.78, 5) is 27.1. The van der Waals surface area contributed by atoms with E-state index in [2.05, 4.69) is 17.4 Å². The minimum Gasteiger partial charge on any atom is -0.391 e. The third kappa shape index (κ3) is 5.98. The monoisotopic (exact) mass is 499 g/mol. The zero-order valence-corrected chi connectivity index (χ0v) is 20.8. The highest BCUT2D eigenvalue weighted by molar-refractivity contribution is 7.89. The summed E-state index contributed by atoms with van der Waals surface area (Å²) in [6.07, 6.45) is 0.705. The van der Waals surface area contributed by atoms with Gasteiger partial charge in [-0.15, -0.1) is 0 Å². The Bertz CT molecular complexity index is 1160. The Labute approximate surface area is 207 Å². The lowest BCUT2D eigenvalue weighted by molar-refractivity contribution is 0.0697. The van der Waals surface area contributed by atoms with Crippen LogP contribution in [0.5, 0.6) is 0 Å². The van der Waals surface area contributed by atoms with Gasteiger partial charge in [-0.2, -0.15) is 4.31 Å². The number of hydrogen-bond acceptors (Lipinski definition) is 6. The van der Waals surface area contributed by atoms with Crippen LogP contribution >= 0.6 is 0 Å². The molecule has 9 heteroatoms. The highest BCUT2D eigenvalue weighted by Gasteiger charge is 2.28. The summed E-state index contributed by atoms with van der Waals surface area (Å²) in [6.45, 7) is 3.60. The first-order chi connectivity index (χ1) is 16.8. The summed E-state index contributed by atoms with van der Waals surface area (Å²) in [6, 6.07) is 14.7. The summed E-state index contributed by atoms with van der Waals surface area (Å²) in [7, 11) is -3.25. The number of aliphatic hydroxyl groups is 1. The van der Waals surface area contributed by atoms with E-state index in [1.54, 1.807) is 36.1 Å². The molecule has 2 aliphatic rings. The number of aliphatic hydroxyl groups excluding tert-OH is 1. The molecule has 0 radical (unpaired) electrons. The number of benzene rings is 2. The summed E-state index contributed by atoms with van der Waals surface area (Å²) in [5.41, 5.74) is 3.46. The normalized spacial score (nSPS) is 19.7. The van der Waals surface area contributed by atoms with Gasteiger partial charge in [0.15, 0.2) is 5.78 Å². The lowest BCUT2D eigenvalue weighted by Gasteiger charge is -2.33. The molecule has 2 atom stereocenters. The van der Waals surface area contributed by atoms with E-state index in [1.165, 1.54) is 15.4 Å². The highest BCUT2D eigenvalue weighted by Crippen LogP contribution is 2.20. The molecule has 8 nitrogen and oxygen atoms in total. The van der Waals surface area contributed by atoms with Crippen molar-refractivity contribution in [2.75, 3.05) is 31.9 Å². The average Bonchev–Trinajstić information content (AvgIpc) is 2.91. The van der Waals surface area contributed by atoms with Crippen molar-refractivity contribution < 1.29 is 23.1 Å². The zero-order valence-electron chi connectivity index (χ0n) is 20.0. The fraction of sp³-hybridized carbons (Fsp3) is 0.462. The minimum absolute atomic E-state index is 0.0542. The van der Waals surface area contributed by atoms with Gasteiger partial charge in [0.2, 0.25) is 10.0 Å². The van der Waals surface area contributed by atoms with Crippen LogP contribution in [0.25, 0.3) is 0 Å². The molecule has 2 aliphatic heterocycles. The SMILES string of the molecule is CCS(=O)(=O)N1CCN(C(=O)c2ccc(C(=O)CC[C@@H](O)[C@@H]3Cc4ccccc4CN3)cc2)CC1. The molecule has 1 amide bonds. The van der Waals surface area contributed by atoms with E-state index in [-0.39, 0.29) is 29.9 Å². The van der Waals surface area contributed by atoms with Crippen molar-refractivity contribution in [3.05, 3.63) is 70.8 Å². The summed E-state index contributed by atoms with van der Waals surface area (Å²) < 4.78 is 25.4. The predicted octanol–water partition coefficient (Wildman–Crippen LogP) is 1.83. The third-order valence-corrected chi connectivity index (χ3v) is 8.86. The Balaban J connectivity index is 1.27. The summed E-state index contributed by atoms with van der Waals surface area (Å²) in [5.74, 6) is -0.187. The molecule has 2 aromatic carbocycles. The Morgan fingerprint density at radius 3 is 2.29 bits per heavy atom. The molecule has 0 bridgehead atoms. The Morgan fingerprint density at radius 1 is 1.00 bits per heavy atom. The van der Waals surface area contributed by atoms with Crippen molar-refractivity contribution in [1.29, 1.82) is 0 Å². The minimum atomic E-state index is -3.25. The first kappa shape index (κ1) is 25.5. The van der Waals surface area contributed by atoms with Gasteiger partial charge in [0, 0.05) is 56.3 Å². The van der Waals surface area contributed by atoms with Crippen molar-refractivity contribution >= 4 is 21.7 Å². The Morgan fingerprint density at radius 2 is 1.63 bits per heavy atom. The van der Waals surface area contributed by atoms with Crippen molar-refractivity contribution in [3.63, 3.8) is 0 Å². The molecular weight excluding hydrogens is 466 g/mol. The van der Waals surface area contributed by atoms with Crippen molar-refractivity contribution in [2.45, 2.75) is 44.9 Å². The molecule has 1 saturated heterocycles. The van der Waals surface area contributed by atoms with Crippen molar-refractivity contribution in [2.24, 2.45) is 0 Å². The maximum absolute atomic E-state index is 12.8. The number of carbonyl (C=O) groups excluding carboxylic acids is 2. The highest BCUT2D eigenvalue weighted by atomic mass is 32.2. The lowest BCUT2D eigenvalue weighted by atomic mass is 9.90. The van der Waals surface area contributed by atoms with Crippen LogP contribution < -0.4 is 5.32 Å². The van der Waals surface area contributed by atoms with E-state index in [1.807, 2.05) is 12.1 Å². The van der Waals surface area contributed by atoms with Gasteiger partial charge in [-0.1, -0.05) is 36.4 Å². The second kappa shape index (κ2) is 11.0. The van der Waals surface area contributed by atoms with Gasteiger partial charge in [0.1, 0.15) is 0 Å². The number of fused-ring (bicyclic) bond motifs is 1. The van der Waals surface area contributed by atoms with Crippen molar-refractivity contribution in [1.82, 2.24) is 14.5 Å². The van der Waals surface area contributed by atoms with Gasteiger partial charge in [-0.3, -0.25) is 9.59 Å². The van der Waals surface area contributed by atoms with E-state index < -0.39 is 16.1 Å². The van der Waals surface area contributed by atoms with Gasteiger partial charge in [0.05, 0.1) is 11.9 Å². The number of rotatable bonds is 8. The van der Waals surface area contributed by atoms with Crippen LogP contribution in [-0.2, 0) is 23.0 Å². The number of Topliss-reactive ketones (excluding diaryl/α,β-unsaturated/α-hetero) is 1. The van der Waals surface area contributed by atoms with Gasteiger partial charge in [-0.25, -0.2) is 8.42 Å². The molecule has 0 aromatic heterocycles. The molecule has 0 saturated carbocycles. The van der Waals surface area contributed by atoms with Crippen LogP contribution in [0.2, 0.25) is 0 Å². The van der Waals surface area contributed by atoms with Gasteiger partial charge in [-0.05, 0) is 43.0 Å². The summed E-state index contributed by atoms with van der Waals surface area (Å²) >= 11 is 0. The lowest BCUT2D eigenvalue weighted by Crippen LogP contribution is -2.50. The first-order valence-electron chi connectivity index (χ1n) is 12.2. The number of piperazine rings is 1. The van der Waals surface area contributed by atoms with Crippen LogP contribution in [0.4, 0.5) is 0 Å². The van der Waals surface area contributed by atoms with Crippen LogP contribution in [0.15, 0.2) is 48.5 Å². The predicted molar refractivity (Wildman–Crippen MR) is 134 cm³/mol. The fourth-order valence-electron chi connectivity index (χ4n) is 4.71. The number of sulfonamides is 1. The first-order valence-corrected chi connectivity index (χ1v) is 13.8. The maximum atomic E-state index is 12.8. The maximum Gasteiger partial charge on any atom is 0.253 e. The van der Waals surface area contributed by atoms with Crippen molar-refractivity contribution in [3.8, 4) is 0 Å². The summed E-state index contributed by atoms with van der Waals surface area (Å²) in [5, 5.41) is 14.0.